The van der Waals surface area contributed by atoms with Gasteiger partial charge >= 0.3 is 11.4 Å². The molecule has 0 spiro atoms. The van der Waals surface area contributed by atoms with E-state index in [2.05, 4.69) is 35.3 Å². The van der Waals surface area contributed by atoms with Crippen molar-refractivity contribution >= 4 is 46.9 Å². The molecule has 0 fully saturated rings. The molecular formula is C25H52ClN9O10S2. The van der Waals surface area contributed by atoms with Gasteiger partial charge in [0.05, 0.1) is 52.0 Å². The molecule has 0 bridgehead atoms. The Morgan fingerprint density at radius 1 is 0.936 bits per heavy atom. The third kappa shape index (κ3) is 38.4. The molecule has 3 aromatic rings. The molecule has 2 atom stereocenters. The van der Waals surface area contributed by atoms with Crippen molar-refractivity contribution in [1.29, 1.82) is 0 Å². The first-order chi connectivity index (χ1) is 28.9. The minimum Gasteiger partial charge on any atom is -0.396 e. The largest absolute Gasteiger partial charge is 0.396 e. The molecule has 19 nitrogen and oxygen atoms in total. The zero-order chi connectivity index (χ0) is 54.8. The number of nitrogens with two attached hydrogens (primary N) is 1. The number of hydrogen-bond donors (Lipinski definition) is 3. The first kappa shape index (κ1) is 21.3. The van der Waals surface area contributed by atoms with E-state index >= 15 is 0 Å². The summed E-state index contributed by atoms with van der Waals surface area (Å²) in [4.78, 5) is 18.9. The summed E-state index contributed by atoms with van der Waals surface area (Å²) >= 11 is 0. The van der Waals surface area contributed by atoms with Crippen molar-refractivity contribution in [1.82, 2.24) is 29.8 Å². The van der Waals surface area contributed by atoms with Crippen LogP contribution >= 0.6 is 10.7 Å². The topological polar surface area (TPSA) is 274 Å². The van der Waals surface area contributed by atoms with Crippen molar-refractivity contribution in [2.75, 3.05) is 18.2 Å². The van der Waals surface area contributed by atoms with Crippen LogP contribution in [0.5, 0.6) is 0 Å². The Kier molecular flexibility index (Phi) is 12.0. The van der Waals surface area contributed by atoms with E-state index in [4.69, 9.17) is 41.0 Å². The van der Waals surface area contributed by atoms with Gasteiger partial charge in [0.15, 0.2) is 0 Å². The normalized spacial score (nSPS) is 21.6. The fourth-order valence-corrected chi connectivity index (χ4v) is 1.91. The van der Waals surface area contributed by atoms with Gasteiger partial charge in [0.2, 0.25) is 9.05 Å². The maximum Gasteiger partial charge on any atom is 0.307 e. The maximum atomic E-state index is 10.7. The van der Waals surface area contributed by atoms with Crippen LogP contribution in [0.15, 0.2) is 37.2 Å². The zero-order valence-electron chi connectivity index (χ0n) is 45.5. The molecule has 3 aromatic heterocycles. The monoisotopic (exact) mass is 759 g/mol. The molecule has 2 unspecified atom stereocenters. The van der Waals surface area contributed by atoms with Gasteiger partial charge in [-0.05, 0) is 55.0 Å². The first-order valence-corrected chi connectivity index (χ1v) is 15.1. The van der Waals surface area contributed by atoms with Crippen molar-refractivity contribution in [2.45, 2.75) is 94.0 Å². The summed E-state index contributed by atoms with van der Waals surface area (Å²) in [6, 6.07) is -3.79. The maximum absolute atomic E-state index is 10.7. The molecule has 3 heterocycles. The molecule has 0 saturated heterocycles. The summed E-state index contributed by atoms with van der Waals surface area (Å²) in [6.45, 7) is -15.9. The molecule has 3 rings (SSSR count). The molecule has 0 aliphatic rings. The second kappa shape index (κ2) is 26.4. The molecule has 4 N–H and O–H groups in total. The first-order valence-electron chi connectivity index (χ1n) is 21.6. The van der Waals surface area contributed by atoms with Crippen molar-refractivity contribution in [3.63, 3.8) is 0 Å². The molecule has 47 heavy (non-hydrogen) atoms. The number of nitrogens with one attached hydrogen (secondary N) is 1. The van der Waals surface area contributed by atoms with E-state index in [1.54, 1.807) is 0 Å². The zero-order valence-corrected chi connectivity index (χ0v) is 25.9. The number of nitrogens with zero attached hydrogens (tertiary/aromatic N) is 7. The number of H-pyrrole nitrogens is 1. The molecule has 0 amide bonds. The van der Waals surface area contributed by atoms with Gasteiger partial charge in [-0.3, -0.25) is 38.9 Å². The molecule has 22 heteroatoms. The molecule has 0 saturated carbocycles. The number of anilines is 1. The highest BCUT2D eigenvalue weighted by Crippen LogP contribution is 2.11. The summed E-state index contributed by atoms with van der Waals surface area (Å²) < 4.78 is 198. The van der Waals surface area contributed by atoms with Gasteiger partial charge in [0.1, 0.15) is 18.6 Å². The number of nitro groups is 2. The fourth-order valence-electron chi connectivity index (χ4n) is 1.61. The molecule has 0 radical (unpaired) electrons. The number of rotatable bonds is 6. The number of aliphatic hydroxyl groups is 1. The average Bonchev–Trinajstić information content (AvgIpc) is 3.84. The Morgan fingerprint density at radius 3 is 1.64 bits per heavy atom. The van der Waals surface area contributed by atoms with Crippen LogP contribution in [0.4, 0.5) is 17.1 Å². The van der Waals surface area contributed by atoms with E-state index in [9.17, 15) is 37.1 Å². The Hall–Kier alpha value is -3.66. The SMILES string of the molecule is C.C.CS(=O)(=O)Cl.O=[N+]([O-])c1cn[nH]c1.[2H]C([2H])([2H])C([2H])(C)n1cc(N)cn1.[2H]C([2H])([2H])C([2H])(C)n1cc([N+](=O)[O-])cn1.[2H]C([2H])([2H])C([2H])(O)C([2H])([2H])[2H].[2H]C([2H])([2H])C([2H])(OS(C)(=O)=O)C([2H])([2H])[2H]. The van der Waals surface area contributed by atoms with Gasteiger partial charge < -0.3 is 10.8 Å². The smallest absolute Gasteiger partial charge is 0.307 e. The number of nitrogen functional groups attached to an aromatic ring is 1. The van der Waals surface area contributed by atoms with E-state index in [0.29, 0.717) is 11.9 Å². The summed E-state index contributed by atoms with van der Waals surface area (Å²) in [5.41, 5.74) is 5.37. The van der Waals surface area contributed by atoms with Crippen LogP contribution in [0.25, 0.3) is 0 Å². The lowest BCUT2D eigenvalue weighted by Crippen LogP contribution is -2.09. The van der Waals surface area contributed by atoms with Gasteiger partial charge in [0.25, 0.3) is 10.1 Å². The van der Waals surface area contributed by atoms with Crippen LogP contribution in [0.2, 0.25) is 0 Å². The highest BCUT2D eigenvalue weighted by atomic mass is 35.7. The van der Waals surface area contributed by atoms with E-state index in [1.807, 2.05) is 0 Å². The number of aromatic amines is 1. The lowest BCUT2D eigenvalue weighted by molar-refractivity contribution is -0.385. The molecular weight excluding hydrogens is 686 g/mol. The van der Waals surface area contributed by atoms with E-state index < -0.39 is 94.3 Å². The van der Waals surface area contributed by atoms with Crippen molar-refractivity contribution in [2.24, 2.45) is 0 Å². The lowest BCUT2D eigenvalue weighted by atomic mass is 10.4. The van der Waals surface area contributed by atoms with Crippen LogP contribution in [-0.4, -0.2) is 86.2 Å². The quantitative estimate of drug-likeness (QED) is 0.130. The van der Waals surface area contributed by atoms with Gasteiger partial charge in [-0.25, -0.2) is 8.42 Å². The van der Waals surface area contributed by atoms with Gasteiger partial charge in [0, 0.05) is 59.7 Å². The third-order valence-corrected chi connectivity index (χ3v) is 3.47. The summed E-state index contributed by atoms with van der Waals surface area (Å²) in [7, 11) is -3.05. The van der Waals surface area contributed by atoms with E-state index in [1.165, 1.54) is 25.5 Å². The summed E-state index contributed by atoms with van der Waals surface area (Å²) in [6.07, 6.45) is 1.42. The summed E-state index contributed by atoms with van der Waals surface area (Å²) in [5, 5.41) is 41.8. The third-order valence-electron chi connectivity index (χ3n) is 3.00. The predicted octanol–water partition coefficient (Wildman–Crippen LogP) is 4.95. The van der Waals surface area contributed by atoms with Crippen LogP contribution < -0.4 is 5.73 Å². The second-order valence-corrected chi connectivity index (χ2v) is 11.8. The fraction of sp³-hybridized carbons (Fsp3) is 0.640. The predicted molar refractivity (Wildman–Crippen MR) is 184 cm³/mol. The molecule has 276 valence electrons. The van der Waals surface area contributed by atoms with Crippen molar-refractivity contribution < 1.29 is 66.1 Å². The number of aromatic nitrogens is 6. The van der Waals surface area contributed by atoms with Crippen molar-refractivity contribution in [3.8, 4) is 0 Å². The molecule has 0 aliphatic carbocycles. The van der Waals surface area contributed by atoms with E-state index in [0.717, 1.165) is 41.1 Å². The summed E-state index contributed by atoms with van der Waals surface area (Å²) in [5.74, 6) is 0. The Labute approximate surface area is 313 Å². The second-order valence-electron chi connectivity index (χ2n) is 7.15. The highest BCUT2D eigenvalue weighted by molar-refractivity contribution is 8.13. The Balaban J connectivity index is -0.000000242. The minimum absolute atomic E-state index is 0. The van der Waals surface area contributed by atoms with Crippen LogP contribution in [0.3, 0.4) is 0 Å². The van der Waals surface area contributed by atoms with Gasteiger partial charge in [-0.2, -0.15) is 23.7 Å². The number of halogens is 1. The molecule has 0 aliphatic heterocycles. The van der Waals surface area contributed by atoms with Gasteiger partial charge in [-0.15, -0.1) is 0 Å². The average molecular weight is 760 g/mol. The van der Waals surface area contributed by atoms with Crippen LogP contribution in [0, 0.1) is 20.2 Å². The van der Waals surface area contributed by atoms with Gasteiger partial charge in [-0.1, -0.05) is 14.9 Å². The standard InChI is InChI=1S/C6H9N3O2.C6H11N3.C4H10O3S.C3H3N3O2.C3H8O.CH3ClO2S.2CH4/c1-5(2)8-4-6(3-7-8)9(10)11;1-5(2)9-4-6(7)3-8-9;1-4(2)7-8(3,5)6;7-6(8)3-1-4-5-2-3;1-3(2)4;1-5(2,3)4;;/h3-5H,1-2H3;3-5H,7H2,1-2H3;4H,1-3H3;1-2H,(H,4,5);3-4H,1-2H3;1H3;2*1H4/i2*1D3,5D;1D3,2D3,4D;;1D3,2D3,3D;;;. The van der Waals surface area contributed by atoms with Crippen LogP contribution in [0.1, 0.15) is 112 Å². The Morgan fingerprint density at radius 2 is 1.40 bits per heavy atom. The number of hydrogen-bond acceptors (Lipinski definition) is 14. The Bertz CT molecular complexity index is 2220. The van der Waals surface area contributed by atoms with Crippen molar-refractivity contribution in [3.05, 3.63) is 57.4 Å². The van der Waals surface area contributed by atoms with Crippen LogP contribution in [-0.2, 0) is 23.4 Å². The highest BCUT2D eigenvalue weighted by Gasteiger charge is 2.09. The minimum atomic E-state index is -4.36. The molecule has 0 aromatic carbocycles. The van der Waals surface area contributed by atoms with E-state index in [-0.39, 0.29) is 26.2 Å². The lowest BCUT2D eigenvalue weighted by Gasteiger charge is -2.01.